The molecule has 2 aromatic carbocycles. The van der Waals surface area contributed by atoms with Crippen molar-refractivity contribution in [2.45, 2.75) is 51.5 Å². The van der Waals surface area contributed by atoms with E-state index in [0.29, 0.717) is 51.2 Å². The minimum Gasteiger partial charge on any atom is -0.497 e. The quantitative estimate of drug-likeness (QED) is 0.169. The number of carbonyl (C=O) groups is 2. The van der Waals surface area contributed by atoms with E-state index in [1.54, 1.807) is 54.4 Å². The highest BCUT2D eigenvalue weighted by Gasteiger charge is 2.28. The second kappa shape index (κ2) is 12.5. The molecule has 1 atom stereocenters. The summed E-state index contributed by atoms with van der Waals surface area (Å²) in [5.41, 5.74) is 4.49. The number of nitrogens with zero attached hydrogens (tertiary/aromatic N) is 7. The van der Waals surface area contributed by atoms with E-state index in [2.05, 4.69) is 21.1 Å². The second-order valence-electron chi connectivity index (χ2n) is 12.0. The van der Waals surface area contributed by atoms with Crippen LogP contribution in [0.5, 0.6) is 5.75 Å². The number of methoxy groups -OCH3 is 1. The average molecular weight is 646 g/mol. The van der Waals surface area contributed by atoms with Crippen LogP contribution in [0.15, 0.2) is 73.4 Å². The molecule has 0 unspecified atom stereocenters. The van der Waals surface area contributed by atoms with E-state index in [0.717, 1.165) is 34.7 Å². The average Bonchev–Trinajstić information content (AvgIpc) is 3.91. The third kappa shape index (κ3) is 5.47. The number of ether oxygens (including phenoxy) is 1. The molecule has 1 saturated carbocycles. The van der Waals surface area contributed by atoms with Gasteiger partial charge in [0.25, 0.3) is 5.91 Å². The first-order valence-electron chi connectivity index (χ1n) is 15.6. The van der Waals surface area contributed by atoms with Crippen molar-refractivity contribution in [3.63, 3.8) is 0 Å². The number of halogens is 1. The molecule has 0 N–H and O–H groups in total. The maximum Gasteiger partial charge on any atom is 0.262 e. The Morgan fingerprint density at radius 3 is 2.62 bits per heavy atom. The zero-order valence-electron chi connectivity index (χ0n) is 26.1. The molecule has 6 aromatic rings. The standard InChI is InChI=1S/C36H32ClN7O3/c1-22-29(30-17-27(47-2)11-12-32(30)44(22)36(46)24-7-9-26(37)10-8-24)18-33(45)42-16-14-28-34(39-21-40-35(28)42)25-19-41-43(20-25)31(13-15-38)23-5-3-4-6-23/h7-12,14,16-17,19-21,23,31H,3-6,13,18H2,1-2H3/t31-/m1/s1. The summed E-state index contributed by atoms with van der Waals surface area (Å²) in [7, 11) is 1.58. The predicted molar refractivity (Wildman–Crippen MR) is 179 cm³/mol. The van der Waals surface area contributed by atoms with Gasteiger partial charge in [0, 0.05) is 45.0 Å². The molecule has 4 heterocycles. The Morgan fingerprint density at radius 1 is 1.09 bits per heavy atom. The van der Waals surface area contributed by atoms with Crippen LogP contribution >= 0.6 is 11.6 Å². The summed E-state index contributed by atoms with van der Waals surface area (Å²) in [6.07, 6.45) is 11.9. The number of fused-ring (bicyclic) bond motifs is 2. The van der Waals surface area contributed by atoms with Crippen LogP contribution < -0.4 is 4.74 Å². The lowest BCUT2D eigenvalue weighted by Gasteiger charge is -2.21. The fourth-order valence-corrected chi connectivity index (χ4v) is 7.09. The molecule has 0 amide bonds. The largest absolute Gasteiger partial charge is 0.497 e. The van der Waals surface area contributed by atoms with Crippen LogP contribution in [-0.4, -0.2) is 47.8 Å². The van der Waals surface area contributed by atoms with E-state index in [1.807, 2.05) is 36.0 Å². The van der Waals surface area contributed by atoms with Crippen molar-refractivity contribution in [2.24, 2.45) is 5.92 Å². The summed E-state index contributed by atoms with van der Waals surface area (Å²) in [6, 6.07) is 16.4. The van der Waals surface area contributed by atoms with Crippen LogP contribution in [-0.2, 0) is 6.42 Å². The van der Waals surface area contributed by atoms with Gasteiger partial charge in [0.05, 0.1) is 49.5 Å². The Kier molecular flexibility index (Phi) is 8.08. The van der Waals surface area contributed by atoms with Crippen molar-refractivity contribution in [1.82, 2.24) is 28.9 Å². The van der Waals surface area contributed by atoms with Gasteiger partial charge >= 0.3 is 0 Å². The van der Waals surface area contributed by atoms with E-state index < -0.39 is 0 Å². The zero-order valence-corrected chi connectivity index (χ0v) is 26.8. The molecule has 0 spiro atoms. The highest BCUT2D eigenvalue weighted by atomic mass is 35.5. The Labute approximate surface area is 276 Å². The van der Waals surface area contributed by atoms with Gasteiger partial charge in [0.2, 0.25) is 5.91 Å². The van der Waals surface area contributed by atoms with Crippen LogP contribution in [0.2, 0.25) is 5.02 Å². The van der Waals surface area contributed by atoms with Gasteiger partial charge in [-0.25, -0.2) is 9.97 Å². The highest BCUT2D eigenvalue weighted by Crippen LogP contribution is 2.37. The summed E-state index contributed by atoms with van der Waals surface area (Å²) in [6.45, 7) is 1.85. The third-order valence-electron chi connectivity index (χ3n) is 9.37. The molecule has 236 valence electrons. The predicted octanol–water partition coefficient (Wildman–Crippen LogP) is 7.44. The highest BCUT2D eigenvalue weighted by molar-refractivity contribution is 6.30. The topological polar surface area (TPSA) is 121 Å². The molecule has 7 rings (SSSR count). The van der Waals surface area contributed by atoms with Crippen molar-refractivity contribution < 1.29 is 14.3 Å². The number of aromatic nitrogens is 6. The van der Waals surface area contributed by atoms with Crippen molar-refractivity contribution in [1.29, 1.82) is 5.26 Å². The van der Waals surface area contributed by atoms with Crippen molar-refractivity contribution in [3.05, 3.63) is 95.3 Å². The monoisotopic (exact) mass is 645 g/mol. The molecule has 1 fully saturated rings. The summed E-state index contributed by atoms with van der Waals surface area (Å²) < 4.78 is 10.6. The maximum atomic E-state index is 14.0. The van der Waals surface area contributed by atoms with Gasteiger partial charge in [-0.3, -0.25) is 23.4 Å². The number of nitriles is 1. The molecule has 47 heavy (non-hydrogen) atoms. The molecule has 0 bridgehead atoms. The van der Waals surface area contributed by atoms with E-state index in [-0.39, 0.29) is 24.3 Å². The lowest BCUT2D eigenvalue weighted by Crippen LogP contribution is -2.17. The molecular formula is C36H32ClN7O3. The van der Waals surface area contributed by atoms with Crippen LogP contribution in [0, 0.1) is 24.2 Å². The van der Waals surface area contributed by atoms with Crippen LogP contribution in [0.25, 0.3) is 33.2 Å². The molecule has 0 aliphatic heterocycles. The van der Waals surface area contributed by atoms with Gasteiger partial charge in [-0.05, 0) is 79.8 Å². The van der Waals surface area contributed by atoms with Gasteiger partial charge < -0.3 is 4.74 Å². The SMILES string of the molecule is COc1ccc2c(c1)c(CC(=O)n1ccc3c(-c4cnn([C@H](CC#N)C5CCCC5)c4)ncnc31)c(C)n2C(=O)c1ccc(Cl)cc1. The maximum absolute atomic E-state index is 14.0. The minimum absolute atomic E-state index is 0.0225. The summed E-state index contributed by atoms with van der Waals surface area (Å²) in [5.74, 6) is 0.626. The number of rotatable bonds is 8. The van der Waals surface area contributed by atoms with Crippen molar-refractivity contribution >= 4 is 45.4 Å². The Hall–Kier alpha value is -5.27. The fraction of sp³-hybridized carbons (Fsp3) is 0.278. The molecule has 0 saturated heterocycles. The summed E-state index contributed by atoms with van der Waals surface area (Å²) in [5, 5.41) is 16.2. The van der Waals surface area contributed by atoms with Gasteiger partial charge in [0.15, 0.2) is 5.65 Å². The summed E-state index contributed by atoms with van der Waals surface area (Å²) >= 11 is 6.07. The smallest absolute Gasteiger partial charge is 0.262 e. The van der Waals surface area contributed by atoms with Crippen LogP contribution in [0.3, 0.4) is 0 Å². The lowest BCUT2D eigenvalue weighted by molar-refractivity contribution is 0.0915. The van der Waals surface area contributed by atoms with E-state index in [4.69, 9.17) is 16.3 Å². The fourth-order valence-electron chi connectivity index (χ4n) is 6.97. The molecule has 4 aromatic heterocycles. The number of hydrogen-bond donors (Lipinski definition) is 0. The van der Waals surface area contributed by atoms with Gasteiger partial charge in [-0.1, -0.05) is 24.4 Å². The molecule has 11 heteroatoms. The zero-order chi connectivity index (χ0) is 32.7. The van der Waals surface area contributed by atoms with Crippen LogP contribution in [0.4, 0.5) is 0 Å². The van der Waals surface area contributed by atoms with Gasteiger partial charge in [0.1, 0.15) is 12.1 Å². The molecular weight excluding hydrogens is 614 g/mol. The Morgan fingerprint density at radius 2 is 1.87 bits per heavy atom. The lowest BCUT2D eigenvalue weighted by atomic mass is 9.96. The van der Waals surface area contributed by atoms with Crippen molar-refractivity contribution in [2.75, 3.05) is 7.11 Å². The molecule has 10 nitrogen and oxygen atoms in total. The Balaban J connectivity index is 1.23. The van der Waals surface area contributed by atoms with E-state index in [9.17, 15) is 14.9 Å². The third-order valence-corrected chi connectivity index (χ3v) is 9.63. The molecule has 1 aliphatic rings. The van der Waals surface area contributed by atoms with Crippen LogP contribution in [0.1, 0.15) is 64.6 Å². The first-order valence-corrected chi connectivity index (χ1v) is 16.0. The van der Waals surface area contributed by atoms with Gasteiger partial charge in [-0.2, -0.15) is 10.4 Å². The first kappa shape index (κ1) is 30.4. The van der Waals surface area contributed by atoms with E-state index >= 15 is 0 Å². The van der Waals surface area contributed by atoms with E-state index in [1.165, 1.54) is 23.7 Å². The first-order chi connectivity index (χ1) is 22.9. The minimum atomic E-state index is -0.220. The number of hydrogen-bond acceptors (Lipinski definition) is 7. The molecule has 1 aliphatic carbocycles. The normalized spacial score (nSPS) is 14.1. The second-order valence-corrected chi connectivity index (χ2v) is 12.4. The van der Waals surface area contributed by atoms with Gasteiger partial charge in [-0.15, -0.1) is 0 Å². The molecule has 0 radical (unpaired) electrons. The number of benzene rings is 2. The number of carbonyl (C=O) groups excluding carboxylic acids is 2. The summed E-state index contributed by atoms with van der Waals surface area (Å²) in [4.78, 5) is 36.8. The van der Waals surface area contributed by atoms with Crippen molar-refractivity contribution in [3.8, 4) is 23.1 Å². The Bertz CT molecular complexity index is 2180.